The highest BCUT2D eigenvalue weighted by Gasteiger charge is 2.31. The Bertz CT molecular complexity index is 1270. The average Bonchev–Trinajstić information content (AvgIpc) is 2.89. The number of anilines is 1. The van der Waals surface area contributed by atoms with Crippen LogP contribution in [0.5, 0.6) is 23.0 Å². The molecule has 1 heterocycles. The maximum absolute atomic E-state index is 6.16. The molecule has 8 heteroatoms. The van der Waals surface area contributed by atoms with E-state index < -0.39 is 0 Å². The third-order valence-corrected chi connectivity index (χ3v) is 7.14. The van der Waals surface area contributed by atoms with Gasteiger partial charge in [0.1, 0.15) is 0 Å². The lowest BCUT2D eigenvalue weighted by molar-refractivity contribution is 0.295. The highest BCUT2D eigenvalue weighted by Crippen LogP contribution is 2.40. The first-order chi connectivity index (χ1) is 17.4. The van der Waals surface area contributed by atoms with Gasteiger partial charge < -0.3 is 29.2 Å². The van der Waals surface area contributed by atoms with Crippen LogP contribution in [-0.2, 0) is 12.8 Å². The maximum atomic E-state index is 6.16. The minimum atomic E-state index is -0.0285. The molecule has 0 radical (unpaired) electrons. The molecule has 0 amide bonds. The van der Waals surface area contributed by atoms with Gasteiger partial charge in [0.15, 0.2) is 28.1 Å². The van der Waals surface area contributed by atoms with E-state index in [2.05, 4.69) is 28.4 Å². The van der Waals surface area contributed by atoms with E-state index >= 15 is 0 Å². The summed E-state index contributed by atoms with van der Waals surface area (Å²) in [7, 11) is 6.60. The van der Waals surface area contributed by atoms with Gasteiger partial charge in [-0.25, -0.2) is 0 Å². The number of thiocarbonyl (C=S) groups is 1. The SMILES string of the molecule is COc1ccc(C[C@H]2c3cc(OC)c(OC)cc3CCN2C(=S)Nc2ccc(Cl)cc2C)cc1OC. The van der Waals surface area contributed by atoms with Crippen LogP contribution in [0.1, 0.15) is 28.3 Å². The van der Waals surface area contributed by atoms with Crippen molar-refractivity contribution in [3.63, 3.8) is 0 Å². The monoisotopic (exact) mass is 526 g/mol. The normalized spacial score (nSPS) is 14.6. The van der Waals surface area contributed by atoms with Gasteiger partial charge in [-0.15, -0.1) is 0 Å². The summed E-state index contributed by atoms with van der Waals surface area (Å²) in [5, 5.41) is 4.80. The van der Waals surface area contributed by atoms with Crippen molar-refractivity contribution in [2.45, 2.75) is 25.8 Å². The van der Waals surface area contributed by atoms with Crippen LogP contribution < -0.4 is 24.3 Å². The van der Waals surface area contributed by atoms with E-state index in [0.717, 1.165) is 41.1 Å². The largest absolute Gasteiger partial charge is 0.493 e. The molecule has 1 N–H and O–H groups in total. The first-order valence-corrected chi connectivity index (χ1v) is 12.5. The summed E-state index contributed by atoms with van der Waals surface area (Å²) in [6, 6.07) is 15.9. The molecule has 0 saturated heterocycles. The van der Waals surface area contributed by atoms with Crippen LogP contribution in [0.15, 0.2) is 48.5 Å². The Kier molecular flexibility index (Phi) is 8.11. The molecule has 0 spiro atoms. The highest BCUT2D eigenvalue weighted by molar-refractivity contribution is 7.80. The Labute approximate surface area is 223 Å². The second kappa shape index (κ2) is 11.3. The molecule has 6 nitrogen and oxygen atoms in total. The average molecular weight is 527 g/mol. The van der Waals surface area contributed by atoms with Crippen molar-refractivity contribution < 1.29 is 18.9 Å². The zero-order valence-corrected chi connectivity index (χ0v) is 22.8. The van der Waals surface area contributed by atoms with Gasteiger partial charge in [0.25, 0.3) is 0 Å². The third kappa shape index (κ3) is 5.32. The van der Waals surface area contributed by atoms with Gasteiger partial charge in [0, 0.05) is 17.3 Å². The Morgan fingerprint density at radius 1 is 0.917 bits per heavy atom. The lowest BCUT2D eigenvalue weighted by Crippen LogP contribution is -2.43. The van der Waals surface area contributed by atoms with Crippen molar-refractivity contribution in [3.05, 3.63) is 75.8 Å². The second-order valence-electron chi connectivity index (χ2n) is 8.65. The summed E-state index contributed by atoms with van der Waals surface area (Å²) in [6.07, 6.45) is 1.55. The topological polar surface area (TPSA) is 52.2 Å². The lowest BCUT2D eigenvalue weighted by atomic mass is 9.88. The predicted molar refractivity (Wildman–Crippen MR) is 148 cm³/mol. The minimum Gasteiger partial charge on any atom is -0.493 e. The Hall–Kier alpha value is -3.16. The molecule has 0 fully saturated rings. The summed E-state index contributed by atoms with van der Waals surface area (Å²) in [5.41, 5.74) is 5.46. The fraction of sp³-hybridized carbons (Fsp3) is 0.321. The van der Waals surface area contributed by atoms with Gasteiger partial charge in [-0.05, 0) is 96.7 Å². The number of rotatable bonds is 7. The minimum absolute atomic E-state index is 0.0285. The molecule has 1 atom stereocenters. The summed E-state index contributed by atoms with van der Waals surface area (Å²) in [5.74, 6) is 2.82. The predicted octanol–water partition coefficient (Wildman–Crippen LogP) is 6.22. The van der Waals surface area contributed by atoms with Gasteiger partial charge in [-0.3, -0.25) is 0 Å². The van der Waals surface area contributed by atoms with Crippen LogP contribution in [0.4, 0.5) is 5.69 Å². The number of aryl methyl sites for hydroxylation is 1. The van der Waals surface area contributed by atoms with E-state index in [0.29, 0.717) is 33.8 Å². The van der Waals surface area contributed by atoms with Crippen LogP contribution in [0.2, 0.25) is 5.02 Å². The number of benzene rings is 3. The summed E-state index contributed by atoms with van der Waals surface area (Å²) in [4.78, 5) is 2.24. The zero-order valence-electron chi connectivity index (χ0n) is 21.2. The number of halogens is 1. The van der Waals surface area contributed by atoms with Crippen LogP contribution in [0.25, 0.3) is 0 Å². The molecule has 0 aliphatic carbocycles. The van der Waals surface area contributed by atoms with E-state index in [-0.39, 0.29) is 6.04 Å². The fourth-order valence-electron chi connectivity index (χ4n) is 4.68. The van der Waals surface area contributed by atoms with E-state index in [4.69, 9.17) is 42.8 Å². The number of methoxy groups -OCH3 is 4. The van der Waals surface area contributed by atoms with Crippen LogP contribution in [0.3, 0.4) is 0 Å². The molecule has 0 saturated carbocycles. The molecule has 1 aliphatic heterocycles. The molecular formula is C28H31ClN2O4S. The van der Waals surface area contributed by atoms with Gasteiger partial charge in [0.05, 0.1) is 34.5 Å². The van der Waals surface area contributed by atoms with Gasteiger partial charge in [-0.2, -0.15) is 0 Å². The number of fused-ring (bicyclic) bond motifs is 1. The number of hydrogen-bond acceptors (Lipinski definition) is 5. The van der Waals surface area contributed by atoms with Crippen molar-refractivity contribution >= 4 is 34.6 Å². The molecule has 190 valence electrons. The lowest BCUT2D eigenvalue weighted by Gasteiger charge is -2.40. The highest BCUT2D eigenvalue weighted by atomic mass is 35.5. The van der Waals surface area contributed by atoms with Gasteiger partial charge >= 0.3 is 0 Å². The summed E-state index contributed by atoms with van der Waals surface area (Å²) in [6.45, 7) is 2.78. The summed E-state index contributed by atoms with van der Waals surface area (Å²) < 4.78 is 22.2. The molecular weight excluding hydrogens is 496 g/mol. The first kappa shape index (κ1) is 25.9. The molecule has 4 rings (SSSR count). The van der Waals surface area contributed by atoms with Crippen molar-refractivity contribution in [1.29, 1.82) is 0 Å². The Balaban J connectivity index is 1.73. The molecule has 36 heavy (non-hydrogen) atoms. The number of nitrogens with one attached hydrogen (secondary N) is 1. The molecule has 0 unspecified atom stereocenters. The number of nitrogens with zero attached hydrogens (tertiary/aromatic N) is 1. The van der Waals surface area contributed by atoms with Crippen molar-refractivity contribution in [1.82, 2.24) is 4.90 Å². The molecule has 0 bridgehead atoms. The van der Waals surface area contributed by atoms with Crippen LogP contribution in [-0.4, -0.2) is 45.0 Å². The number of ether oxygens (including phenoxy) is 4. The van der Waals surface area contributed by atoms with Gasteiger partial charge in [0.2, 0.25) is 0 Å². The second-order valence-corrected chi connectivity index (χ2v) is 9.47. The number of hydrogen-bond donors (Lipinski definition) is 1. The van der Waals surface area contributed by atoms with Crippen LogP contribution in [0, 0.1) is 6.92 Å². The van der Waals surface area contributed by atoms with E-state index in [1.165, 1.54) is 5.56 Å². The molecule has 3 aromatic rings. The quantitative estimate of drug-likeness (QED) is 0.367. The van der Waals surface area contributed by atoms with E-state index in [9.17, 15) is 0 Å². The van der Waals surface area contributed by atoms with Gasteiger partial charge in [-0.1, -0.05) is 17.7 Å². The van der Waals surface area contributed by atoms with E-state index in [1.807, 2.05) is 37.3 Å². The Morgan fingerprint density at radius 3 is 2.25 bits per heavy atom. The smallest absolute Gasteiger partial charge is 0.173 e. The molecule has 3 aromatic carbocycles. The summed E-state index contributed by atoms with van der Waals surface area (Å²) >= 11 is 12.1. The standard InChI is InChI=1S/C28H31ClN2O4S/c1-17-12-20(29)7-8-22(17)30-28(36)31-11-10-19-15-26(34-4)27(35-5)16-21(19)23(31)13-18-6-9-24(32-2)25(14-18)33-3/h6-9,12,14-16,23H,10-11,13H2,1-5H3,(H,30,36)/t23-/m0/s1. The van der Waals surface area contributed by atoms with Crippen molar-refractivity contribution in [3.8, 4) is 23.0 Å². The van der Waals surface area contributed by atoms with E-state index in [1.54, 1.807) is 28.4 Å². The maximum Gasteiger partial charge on any atom is 0.173 e. The van der Waals surface area contributed by atoms with Crippen LogP contribution >= 0.6 is 23.8 Å². The third-order valence-electron chi connectivity index (χ3n) is 6.57. The molecule has 1 aliphatic rings. The van der Waals surface area contributed by atoms with Crippen molar-refractivity contribution in [2.24, 2.45) is 0 Å². The molecule has 0 aromatic heterocycles. The first-order valence-electron chi connectivity index (χ1n) is 11.7. The van der Waals surface area contributed by atoms with Crippen molar-refractivity contribution in [2.75, 3.05) is 40.3 Å². The zero-order chi connectivity index (χ0) is 25.8. The Morgan fingerprint density at radius 2 is 1.58 bits per heavy atom. The fourth-order valence-corrected chi connectivity index (χ4v) is 5.23.